The number of carbonyl (C=O) groups is 1. The van der Waals surface area contributed by atoms with Crippen LogP contribution in [0.4, 0.5) is 11.4 Å². The van der Waals surface area contributed by atoms with Gasteiger partial charge in [-0.3, -0.25) is 14.9 Å². The number of anilines is 1. The number of nitrogens with zero attached hydrogens (tertiary/aromatic N) is 2. The third-order valence-electron chi connectivity index (χ3n) is 3.16. The van der Waals surface area contributed by atoms with Gasteiger partial charge < -0.3 is 15.0 Å². The highest BCUT2D eigenvalue weighted by Crippen LogP contribution is 2.22. The number of thiocarbonyl (C=S) groups is 1. The monoisotopic (exact) mass is 309 g/mol. The minimum Gasteiger partial charge on any atom is -0.378 e. The first-order valence-electron chi connectivity index (χ1n) is 6.42. The molecule has 21 heavy (non-hydrogen) atoms. The summed E-state index contributed by atoms with van der Waals surface area (Å²) in [5, 5.41) is 13.5. The van der Waals surface area contributed by atoms with Crippen LogP contribution in [0.3, 0.4) is 0 Å². The molecule has 112 valence electrons. The highest BCUT2D eigenvalue weighted by Gasteiger charge is 2.20. The maximum Gasteiger partial charge on any atom is 0.283 e. The highest BCUT2D eigenvalue weighted by molar-refractivity contribution is 7.82. The van der Waals surface area contributed by atoms with Crippen molar-refractivity contribution in [3.8, 4) is 0 Å². The Balaban J connectivity index is 2.07. The normalized spacial score (nSPS) is 14.6. The molecule has 0 radical (unpaired) electrons. The van der Waals surface area contributed by atoms with Crippen LogP contribution in [0.15, 0.2) is 18.2 Å². The van der Waals surface area contributed by atoms with Gasteiger partial charge in [0.1, 0.15) is 0 Å². The second-order valence-corrected chi connectivity index (χ2v) is 5.00. The SMILES string of the molecule is Cc1ccc(NC(=O)C(=S)N2CCOCC2)cc1[N+](=O)[O-]. The van der Waals surface area contributed by atoms with Gasteiger partial charge in [0.15, 0.2) is 4.99 Å². The number of amides is 1. The lowest BCUT2D eigenvalue weighted by atomic mass is 10.2. The molecule has 2 rings (SSSR count). The van der Waals surface area contributed by atoms with Gasteiger partial charge in [-0.2, -0.15) is 0 Å². The Hall–Kier alpha value is -2.06. The first kappa shape index (κ1) is 15.3. The molecular weight excluding hydrogens is 294 g/mol. The fraction of sp³-hybridized carbons (Fsp3) is 0.385. The van der Waals surface area contributed by atoms with Crippen LogP contribution in [-0.4, -0.2) is 47.0 Å². The smallest absolute Gasteiger partial charge is 0.283 e. The largest absolute Gasteiger partial charge is 0.378 e. The van der Waals surface area contributed by atoms with Crippen LogP contribution in [0.1, 0.15) is 5.56 Å². The van der Waals surface area contributed by atoms with Gasteiger partial charge >= 0.3 is 0 Å². The van der Waals surface area contributed by atoms with Crippen molar-refractivity contribution < 1.29 is 14.5 Å². The summed E-state index contributed by atoms with van der Waals surface area (Å²) in [6, 6.07) is 4.53. The molecule has 0 atom stereocenters. The van der Waals surface area contributed by atoms with Crippen LogP contribution in [0, 0.1) is 17.0 Å². The number of nitrogens with one attached hydrogen (secondary N) is 1. The number of morpholine rings is 1. The van der Waals surface area contributed by atoms with Crippen molar-refractivity contribution in [3.05, 3.63) is 33.9 Å². The molecule has 1 aromatic rings. The van der Waals surface area contributed by atoms with Gasteiger partial charge in [-0.15, -0.1) is 0 Å². The van der Waals surface area contributed by atoms with Gasteiger partial charge in [-0.05, 0) is 13.0 Å². The zero-order chi connectivity index (χ0) is 15.4. The van der Waals surface area contributed by atoms with E-state index in [1.165, 1.54) is 6.07 Å². The predicted molar refractivity (Wildman–Crippen MR) is 81.5 cm³/mol. The summed E-state index contributed by atoms with van der Waals surface area (Å²) < 4.78 is 5.20. The lowest BCUT2D eigenvalue weighted by Crippen LogP contribution is -2.44. The molecule has 1 saturated heterocycles. The van der Waals surface area contributed by atoms with E-state index in [0.717, 1.165) is 0 Å². The number of rotatable bonds is 2. The van der Waals surface area contributed by atoms with E-state index in [2.05, 4.69) is 5.32 Å². The number of benzene rings is 1. The molecule has 1 heterocycles. The molecule has 0 bridgehead atoms. The van der Waals surface area contributed by atoms with Crippen LogP contribution in [-0.2, 0) is 9.53 Å². The van der Waals surface area contributed by atoms with Crippen molar-refractivity contribution in [2.24, 2.45) is 0 Å². The third kappa shape index (κ3) is 3.73. The molecule has 0 aliphatic carbocycles. The minimum atomic E-state index is -0.481. The van der Waals surface area contributed by atoms with E-state index < -0.39 is 10.8 Å². The summed E-state index contributed by atoms with van der Waals surface area (Å²) in [5.41, 5.74) is 0.853. The van der Waals surface area contributed by atoms with Gasteiger partial charge in [0, 0.05) is 30.4 Å². The Bertz CT molecular complexity index is 585. The Morgan fingerprint density at radius 2 is 2.10 bits per heavy atom. The molecule has 1 amide bonds. The van der Waals surface area contributed by atoms with Gasteiger partial charge in [0.2, 0.25) is 0 Å². The molecule has 0 spiro atoms. The molecule has 1 aromatic carbocycles. The Morgan fingerprint density at radius 1 is 1.43 bits per heavy atom. The fourth-order valence-electron chi connectivity index (χ4n) is 1.98. The third-order valence-corrected chi connectivity index (χ3v) is 3.60. The van der Waals surface area contributed by atoms with Gasteiger partial charge in [0.05, 0.1) is 18.1 Å². The molecule has 8 heteroatoms. The van der Waals surface area contributed by atoms with Crippen LogP contribution >= 0.6 is 12.2 Å². The summed E-state index contributed by atoms with van der Waals surface area (Å²) in [4.78, 5) is 24.4. The predicted octanol–water partition coefficient (Wildman–Crippen LogP) is 1.50. The number of nitro groups is 1. The molecule has 0 saturated carbocycles. The van der Waals surface area contributed by atoms with E-state index >= 15 is 0 Å². The second kappa shape index (κ2) is 6.59. The number of aryl methyl sites for hydroxylation is 1. The maximum atomic E-state index is 12.1. The number of hydrogen-bond donors (Lipinski definition) is 1. The van der Waals surface area contributed by atoms with Crippen molar-refractivity contribution in [2.45, 2.75) is 6.92 Å². The van der Waals surface area contributed by atoms with Crippen LogP contribution in [0.5, 0.6) is 0 Å². The van der Waals surface area contributed by atoms with E-state index in [0.29, 0.717) is 37.6 Å². The quantitative estimate of drug-likeness (QED) is 0.506. The summed E-state index contributed by atoms with van der Waals surface area (Å²) in [7, 11) is 0. The average molecular weight is 309 g/mol. The minimum absolute atomic E-state index is 0.0370. The summed E-state index contributed by atoms with van der Waals surface area (Å²) >= 11 is 5.13. The Kier molecular flexibility index (Phi) is 4.81. The lowest BCUT2D eigenvalue weighted by Gasteiger charge is -2.28. The van der Waals surface area contributed by atoms with Gasteiger partial charge in [-0.1, -0.05) is 18.3 Å². The standard InChI is InChI=1S/C13H15N3O4S/c1-9-2-3-10(8-11(9)16(18)19)14-12(17)13(21)15-4-6-20-7-5-15/h2-3,8H,4-7H2,1H3,(H,14,17). The van der Waals surface area contributed by atoms with Gasteiger partial charge in [-0.25, -0.2) is 0 Å². The van der Waals surface area contributed by atoms with Crippen LogP contribution in [0.25, 0.3) is 0 Å². The van der Waals surface area contributed by atoms with Crippen molar-refractivity contribution >= 4 is 34.5 Å². The zero-order valence-electron chi connectivity index (χ0n) is 11.5. The van der Waals surface area contributed by atoms with E-state index in [9.17, 15) is 14.9 Å². The molecule has 1 N–H and O–H groups in total. The molecule has 0 unspecified atom stereocenters. The Morgan fingerprint density at radius 3 is 2.71 bits per heavy atom. The molecule has 1 fully saturated rings. The maximum absolute atomic E-state index is 12.1. The highest BCUT2D eigenvalue weighted by atomic mass is 32.1. The van der Waals surface area contributed by atoms with Crippen molar-refractivity contribution in [3.63, 3.8) is 0 Å². The average Bonchev–Trinajstić information content (AvgIpc) is 2.49. The first-order valence-corrected chi connectivity index (χ1v) is 6.83. The van der Waals surface area contributed by atoms with Crippen LogP contribution < -0.4 is 5.32 Å². The number of hydrogen-bond acceptors (Lipinski definition) is 5. The summed E-state index contributed by atoms with van der Waals surface area (Å²) in [5.74, 6) is -0.440. The first-order chi connectivity index (χ1) is 9.99. The molecule has 1 aliphatic heterocycles. The van der Waals surface area contributed by atoms with E-state index in [1.807, 2.05) is 0 Å². The molecular formula is C13H15N3O4S. The summed E-state index contributed by atoms with van der Waals surface area (Å²) in [6.45, 7) is 3.84. The van der Waals surface area contributed by atoms with Crippen LogP contribution in [0.2, 0.25) is 0 Å². The summed E-state index contributed by atoms with van der Waals surface area (Å²) in [6.07, 6.45) is 0. The van der Waals surface area contributed by atoms with E-state index in [4.69, 9.17) is 17.0 Å². The molecule has 0 aromatic heterocycles. The number of nitro benzene ring substituents is 1. The van der Waals surface area contributed by atoms with Crippen molar-refractivity contribution in [1.29, 1.82) is 0 Å². The van der Waals surface area contributed by atoms with Crippen molar-refractivity contribution in [1.82, 2.24) is 4.90 Å². The Labute approximate surface area is 127 Å². The van der Waals surface area contributed by atoms with E-state index in [-0.39, 0.29) is 10.7 Å². The molecule has 7 nitrogen and oxygen atoms in total. The fourth-order valence-corrected chi connectivity index (χ4v) is 2.21. The number of carbonyl (C=O) groups excluding carboxylic acids is 1. The molecule has 1 aliphatic rings. The lowest BCUT2D eigenvalue weighted by molar-refractivity contribution is -0.385. The second-order valence-electron chi connectivity index (χ2n) is 4.62. The topological polar surface area (TPSA) is 84.7 Å². The van der Waals surface area contributed by atoms with Crippen molar-refractivity contribution in [2.75, 3.05) is 31.6 Å². The zero-order valence-corrected chi connectivity index (χ0v) is 12.3. The number of ether oxygens (including phenoxy) is 1. The van der Waals surface area contributed by atoms with Gasteiger partial charge in [0.25, 0.3) is 11.6 Å². The van der Waals surface area contributed by atoms with E-state index in [1.54, 1.807) is 24.0 Å².